The molecule has 0 fully saturated rings. The number of carbonyl (C=O) groups is 4. The van der Waals surface area contributed by atoms with E-state index in [1.807, 2.05) is 63.2 Å². The topological polar surface area (TPSA) is 114 Å². The van der Waals surface area contributed by atoms with Gasteiger partial charge in [-0.2, -0.15) is 0 Å². The van der Waals surface area contributed by atoms with Crippen LogP contribution in [-0.4, -0.2) is 58.6 Å². The smallest absolute Gasteiger partial charge is 0.408 e. The predicted molar refractivity (Wildman–Crippen MR) is 186 cm³/mol. The van der Waals surface area contributed by atoms with Crippen LogP contribution >= 0.6 is 0 Å². The lowest BCUT2D eigenvalue weighted by Gasteiger charge is -2.36. The van der Waals surface area contributed by atoms with E-state index in [-0.39, 0.29) is 18.9 Å². The number of nitrogens with one attached hydrogen (secondary N) is 2. The van der Waals surface area contributed by atoms with Crippen LogP contribution in [0, 0.1) is 5.92 Å². The van der Waals surface area contributed by atoms with Gasteiger partial charge in [0.05, 0.1) is 0 Å². The summed E-state index contributed by atoms with van der Waals surface area (Å²) in [5, 5.41) is 5.74. The fourth-order valence-corrected chi connectivity index (χ4v) is 4.99. The van der Waals surface area contributed by atoms with Gasteiger partial charge in [-0.25, -0.2) is 9.59 Å². The molecular weight excluding hydrogens is 594 g/mol. The number of amides is 3. The van der Waals surface area contributed by atoms with E-state index in [4.69, 9.17) is 9.47 Å². The standard InChI is InChI=1S/C38H55N3O6/c1-11-14-23-41(34(43)31(26(4)12-2)40-36(45)47-38(8,9)10)32(29-22-18-21-27(13-3)24-29)33(42)39-30(35(44)46-37(5,6)7)25-28-19-16-15-17-20-28/h13,15-22,24,26,30-32H,3,11-12,14,23,25H2,1-2,4-10H3,(H,39,42)(H,40,45). The summed E-state index contributed by atoms with van der Waals surface area (Å²) in [5.74, 6) is -1.80. The summed E-state index contributed by atoms with van der Waals surface area (Å²) in [4.78, 5) is 57.1. The summed E-state index contributed by atoms with van der Waals surface area (Å²) < 4.78 is 11.2. The Labute approximate surface area is 281 Å². The van der Waals surface area contributed by atoms with Gasteiger partial charge in [-0.05, 0) is 76.6 Å². The molecule has 0 saturated heterocycles. The summed E-state index contributed by atoms with van der Waals surface area (Å²) in [6.07, 6.45) is 3.10. The molecule has 9 nitrogen and oxygen atoms in total. The van der Waals surface area contributed by atoms with E-state index in [2.05, 4.69) is 17.2 Å². The monoisotopic (exact) mass is 649 g/mol. The highest BCUT2D eigenvalue weighted by molar-refractivity contribution is 5.94. The van der Waals surface area contributed by atoms with Crippen molar-refractivity contribution in [3.8, 4) is 0 Å². The Morgan fingerprint density at radius 1 is 0.894 bits per heavy atom. The van der Waals surface area contributed by atoms with E-state index in [1.165, 1.54) is 4.90 Å². The Hall–Kier alpha value is -4.14. The molecule has 2 N–H and O–H groups in total. The molecule has 0 radical (unpaired) electrons. The average molecular weight is 650 g/mol. The number of hydrogen-bond donors (Lipinski definition) is 2. The molecule has 258 valence electrons. The van der Waals surface area contributed by atoms with Gasteiger partial charge in [-0.1, -0.05) is 94.8 Å². The molecule has 2 aromatic rings. The molecular formula is C38H55N3O6. The number of benzene rings is 2. The molecule has 3 amide bonds. The fourth-order valence-electron chi connectivity index (χ4n) is 4.99. The van der Waals surface area contributed by atoms with Crippen molar-refractivity contribution in [3.63, 3.8) is 0 Å². The Morgan fingerprint density at radius 3 is 2.09 bits per heavy atom. The van der Waals surface area contributed by atoms with Gasteiger partial charge in [0, 0.05) is 13.0 Å². The number of esters is 1. The Bertz CT molecular complexity index is 1350. The summed E-state index contributed by atoms with van der Waals surface area (Å²) in [5.41, 5.74) is 0.603. The Morgan fingerprint density at radius 2 is 1.53 bits per heavy atom. The van der Waals surface area contributed by atoms with Crippen LogP contribution in [0.5, 0.6) is 0 Å². The molecule has 0 aliphatic carbocycles. The first-order valence-corrected chi connectivity index (χ1v) is 16.6. The molecule has 2 rings (SSSR count). The lowest BCUT2D eigenvalue weighted by atomic mass is 9.94. The maximum atomic E-state index is 14.6. The third-order valence-corrected chi connectivity index (χ3v) is 7.50. The first-order chi connectivity index (χ1) is 22.0. The second kappa shape index (κ2) is 17.7. The van der Waals surface area contributed by atoms with Crippen LogP contribution in [0.25, 0.3) is 6.08 Å². The van der Waals surface area contributed by atoms with Gasteiger partial charge in [0.1, 0.15) is 29.3 Å². The highest BCUT2D eigenvalue weighted by Gasteiger charge is 2.39. The van der Waals surface area contributed by atoms with E-state index in [0.29, 0.717) is 18.4 Å². The maximum Gasteiger partial charge on any atom is 0.408 e. The fraction of sp³-hybridized carbons (Fsp3) is 0.526. The lowest BCUT2D eigenvalue weighted by Crippen LogP contribution is -2.56. The van der Waals surface area contributed by atoms with Gasteiger partial charge >= 0.3 is 12.1 Å². The van der Waals surface area contributed by atoms with Crippen molar-refractivity contribution in [3.05, 3.63) is 77.9 Å². The Balaban J connectivity index is 2.66. The molecule has 2 aromatic carbocycles. The second-order valence-corrected chi connectivity index (χ2v) is 14.0. The quantitative estimate of drug-likeness (QED) is 0.201. The lowest BCUT2D eigenvalue weighted by molar-refractivity contribution is -0.159. The second-order valence-electron chi connectivity index (χ2n) is 14.0. The molecule has 0 heterocycles. The molecule has 4 unspecified atom stereocenters. The van der Waals surface area contributed by atoms with Crippen molar-refractivity contribution in [1.29, 1.82) is 0 Å². The average Bonchev–Trinajstić information content (AvgIpc) is 2.99. The minimum atomic E-state index is -1.12. The first kappa shape index (κ1) is 39.0. The number of hydrogen-bond acceptors (Lipinski definition) is 6. The number of nitrogens with zero attached hydrogens (tertiary/aromatic N) is 1. The van der Waals surface area contributed by atoms with Crippen LogP contribution in [-0.2, 0) is 30.3 Å². The molecule has 0 aliphatic heterocycles. The summed E-state index contributed by atoms with van der Waals surface area (Å²) in [6, 6.07) is 13.5. The molecule has 47 heavy (non-hydrogen) atoms. The van der Waals surface area contributed by atoms with Gasteiger partial charge in [0.15, 0.2) is 0 Å². The number of unbranched alkanes of at least 4 members (excludes halogenated alkanes) is 1. The maximum absolute atomic E-state index is 14.6. The van der Waals surface area contributed by atoms with Crippen molar-refractivity contribution in [2.45, 2.75) is 117 Å². The highest BCUT2D eigenvalue weighted by atomic mass is 16.6. The summed E-state index contributed by atoms with van der Waals surface area (Å²) >= 11 is 0. The van der Waals surface area contributed by atoms with Crippen LogP contribution < -0.4 is 10.6 Å². The Kier molecular flexibility index (Phi) is 14.7. The van der Waals surface area contributed by atoms with Crippen LogP contribution in [0.15, 0.2) is 61.2 Å². The zero-order chi connectivity index (χ0) is 35.4. The highest BCUT2D eigenvalue weighted by Crippen LogP contribution is 2.27. The zero-order valence-electron chi connectivity index (χ0n) is 29.7. The van der Waals surface area contributed by atoms with Gasteiger partial charge < -0.3 is 25.0 Å². The van der Waals surface area contributed by atoms with Crippen LogP contribution in [0.3, 0.4) is 0 Å². The van der Waals surface area contributed by atoms with Crippen molar-refractivity contribution in [1.82, 2.24) is 15.5 Å². The third-order valence-electron chi connectivity index (χ3n) is 7.50. The van der Waals surface area contributed by atoms with E-state index in [1.54, 1.807) is 59.8 Å². The molecule has 0 aromatic heterocycles. The number of rotatable bonds is 15. The molecule has 0 saturated carbocycles. The molecule has 0 aliphatic rings. The minimum Gasteiger partial charge on any atom is -0.458 e. The van der Waals surface area contributed by atoms with E-state index in [9.17, 15) is 19.2 Å². The van der Waals surface area contributed by atoms with Crippen molar-refractivity contribution in [2.75, 3.05) is 6.54 Å². The molecule has 0 bridgehead atoms. The van der Waals surface area contributed by atoms with Crippen LogP contribution in [0.4, 0.5) is 4.79 Å². The third kappa shape index (κ3) is 12.9. The van der Waals surface area contributed by atoms with Gasteiger partial charge in [0.25, 0.3) is 0 Å². The number of alkyl carbamates (subject to hydrolysis) is 1. The van der Waals surface area contributed by atoms with Crippen LogP contribution in [0.2, 0.25) is 0 Å². The minimum absolute atomic E-state index is 0.194. The van der Waals surface area contributed by atoms with Crippen LogP contribution in [0.1, 0.15) is 104 Å². The van der Waals surface area contributed by atoms with Crippen molar-refractivity contribution in [2.24, 2.45) is 5.92 Å². The summed E-state index contributed by atoms with van der Waals surface area (Å²) in [6.45, 7) is 20.5. The van der Waals surface area contributed by atoms with Gasteiger partial charge in [-0.15, -0.1) is 0 Å². The van der Waals surface area contributed by atoms with E-state index < -0.39 is 53.2 Å². The van der Waals surface area contributed by atoms with E-state index >= 15 is 0 Å². The summed E-state index contributed by atoms with van der Waals surface area (Å²) in [7, 11) is 0. The number of ether oxygens (including phenoxy) is 2. The van der Waals surface area contributed by atoms with Gasteiger partial charge in [-0.3, -0.25) is 9.59 Å². The molecule has 9 heteroatoms. The largest absolute Gasteiger partial charge is 0.458 e. The zero-order valence-corrected chi connectivity index (χ0v) is 29.7. The first-order valence-electron chi connectivity index (χ1n) is 16.6. The van der Waals surface area contributed by atoms with E-state index in [0.717, 1.165) is 17.5 Å². The van der Waals surface area contributed by atoms with Crippen molar-refractivity contribution >= 4 is 30.0 Å². The molecule has 0 spiro atoms. The normalized spacial score (nSPS) is 14.1. The SMILES string of the molecule is C=Cc1cccc(C(C(=O)NC(Cc2ccccc2)C(=O)OC(C)(C)C)N(CCCC)C(=O)C(NC(=O)OC(C)(C)C)C(C)CC)c1. The predicted octanol–water partition coefficient (Wildman–Crippen LogP) is 7.01. The molecule has 4 atom stereocenters. The van der Waals surface area contributed by atoms with Gasteiger partial charge in [0.2, 0.25) is 11.8 Å². The number of carbonyl (C=O) groups excluding carboxylic acids is 4. The van der Waals surface area contributed by atoms with Crippen molar-refractivity contribution < 1.29 is 28.7 Å².